The molecule has 0 unspecified atom stereocenters. The van der Waals surface area contributed by atoms with E-state index in [-0.39, 0.29) is 18.4 Å². The van der Waals surface area contributed by atoms with Crippen LogP contribution in [0.5, 0.6) is 0 Å². The number of carbonyl (C=O) groups is 1. The molecule has 24 heavy (non-hydrogen) atoms. The third-order valence-electron chi connectivity index (χ3n) is 5.61. The van der Waals surface area contributed by atoms with Crippen LogP contribution in [0.1, 0.15) is 54.3 Å². The summed E-state index contributed by atoms with van der Waals surface area (Å²) in [5, 5.41) is 13.6. The highest BCUT2D eigenvalue weighted by Crippen LogP contribution is 2.40. The van der Waals surface area contributed by atoms with Crippen molar-refractivity contribution in [2.24, 2.45) is 11.8 Å². The molecule has 1 aliphatic carbocycles. The van der Waals surface area contributed by atoms with E-state index in [0.29, 0.717) is 24.1 Å². The molecule has 0 spiro atoms. The molecule has 0 radical (unpaired) electrons. The van der Waals surface area contributed by atoms with Gasteiger partial charge in [0, 0.05) is 38.2 Å². The number of hydrogen-bond acceptors (Lipinski definition) is 5. The van der Waals surface area contributed by atoms with Crippen LogP contribution in [-0.2, 0) is 0 Å². The van der Waals surface area contributed by atoms with Gasteiger partial charge >= 0.3 is 0 Å². The highest BCUT2D eigenvalue weighted by Gasteiger charge is 2.34. The summed E-state index contributed by atoms with van der Waals surface area (Å²) in [5.74, 6) is 1.88. The molecule has 0 bridgehead atoms. The number of piperidine rings is 1. The summed E-state index contributed by atoms with van der Waals surface area (Å²) < 4.78 is 5.33. The van der Waals surface area contributed by atoms with Crippen molar-refractivity contribution in [1.29, 1.82) is 0 Å². The Labute approximate surface area is 142 Å². The van der Waals surface area contributed by atoms with Gasteiger partial charge in [0.1, 0.15) is 5.76 Å². The topological polar surface area (TPSA) is 69.8 Å². The van der Waals surface area contributed by atoms with Crippen LogP contribution in [0.2, 0.25) is 0 Å². The number of aliphatic hydroxyl groups is 1. The zero-order valence-electron chi connectivity index (χ0n) is 14.2. The van der Waals surface area contributed by atoms with Gasteiger partial charge in [-0.1, -0.05) is 5.16 Å². The molecule has 1 N–H and O–H groups in total. The minimum atomic E-state index is -0.0461. The van der Waals surface area contributed by atoms with E-state index in [9.17, 15) is 9.90 Å². The van der Waals surface area contributed by atoms with Crippen molar-refractivity contribution in [2.75, 3.05) is 39.3 Å². The Morgan fingerprint density at radius 1 is 1.25 bits per heavy atom. The number of likely N-dealkylation sites (tertiary alicyclic amines) is 2. The minimum absolute atomic E-state index is 0.0461. The fourth-order valence-electron chi connectivity index (χ4n) is 4.19. The van der Waals surface area contributed by atoms with Crippen molar-refractivity contribution in [3.05, 3.63) is 17.5 Å². The predicted molar refractivity (Wildman–Crippen MR) is 88.7 cm³/mol. The molecular formula is C18H27N3O3. The second kappa shape index (κ2) is 6.84. The van der Waals surface area contributed by atoms with Gasteiger partial charge in [-0.25, -0.2) is 0 Å². The molecule has 6 nitrogen and oxygen atoms in total. The fraction of sp³-hybridized carbons (Fsp3) is 0.778. The van der Waals surface area contributed by atoms with Gasteiger partial charge < -0.3 is 19.4 Å². The lowest BCUT2D eigenvalue weighted by molar-refractivity contribution is 0.0457. The van der Waals surface area contributed by atoms with Crippen LogP contribution >= 0.6 is 0 Å². The van der Waals surface area contributed by atoms with Gasteiger partial charge in [0.25, 0.3) is 5.91 Å². The summed E-state index contributed by atoms with van der Waals surface area (Å²) in [6.07, 6.45) is 5.83. The van der Waals surface area contributed by atoms with Gasteiger partial charge in [-0.3, -0.25) is 4.79 Å². The molecule has 2 atom stereocenters. The first-order valence-corrected chi connectivity index (χ1v) is 9.32. The molecule has 1 aromatic rings. The predicted octanol–water partition coefficient (Wildman–Crippen LogP) is 1.72. The molecule has 1 saturated carbocycles. The van der Waals surface area contributed by atoms with Crippen LogP contribution in [0.15, 0.2) is 10.6 Å². The second-order valence-corrected chi connectivity index (χ2v) is 7.76. The Bertz CT molecular complexity index is 578. The molecule has 0 aromatic carbocycles. The highest BCUT2D eigenvalue weighted by molar-refractivity contribution is 5.92. The van der Waals surface area contributed by atoms with Gasteiger partial charge in [-0.2, -0.15) is 0 Å². The normalized spacial score (nSPS) is 28.5. The van der Waals surface area contributed by atoms with E-state index in [4.69, 9.17) is 4.52 Å². The monoisotopic (exact) mass is 333 g/mol. The van der Waals surface area contributed by atoms with Crippen molar-refractivity contribution < 1.29 is 14.4 Å². The first kappa shape index (κ1) is 16.1. The summed E-state index contributed by atoms with van der Waals surface area (Å²) in [6.45, 7) is 4.90. The van der Waals surface area contributed by atoms with Gasteiger partial charge in [0.2, 0.25) is 0 Å². The average molecular weight is 333 g/mol. The maximum absolute atomic E-state index is 12.8. The van der Waals surface area contributed by atoms with Crippen molar-refractivity contribution in [3.8, 4) is 0 Å². The molecule has 1 amide bonds. The van der Waals surface area contributed by atoms with Crippen LogP contribution in [0.25, 0.3) is 0 Å². The Kier molecular flexibility index (Phi) is 4.59. The van der Waals surface area contributed by atoms with Crippen LogP contribution in [0, 0.1) is 11.8 Å². The summed E-state index contributed by atoms with van der Waals surface area (Å²) in [5.41, 5.74) is 0.426. The number of aromatic nitrogens is 1. The minimum Gasteiger partial charge on any atom is -0.396 e. The van der Waals surface area contributed by atoms with E-state index >= 15 is 0 Å². The lowest BCUT2D eigenvalue weighted by atomic mass is 9.89. The lowest BCUT2D eigenvalue weighted by Gasteiger charge is -2.38. The quantitative estimate of drug-likeness (QED) is 0.888. The molecule has 3 aliphatic rings. The van der Waals surface area contributed by atoms with E-state index in [1.807, 2.05) is 11.0 Å². The Hall–Kier alpha value is -1.40. The van der Waals surface area contributed by atoms with Crippen LogP contribution in [0.3, 0.4) is 0 Å². The average Bonchev–Trinajstić information content (AvgIpc) is 3.11. The third-order valence-corrected chi connectivity index (χ3v) is 5.61. The van der Waals surface area contributed by atoms with Crippen molar-refractivity contribution >= 4 is 5.91 Å². The fourth-order valence-corrected chi connectivity index (χ4v) is 4.19. The van der Waals surface area contributed by atoms with E-state index < -0.39 is 0 Å². The van der Waals surface area contributed by atoms with Crippen molar-refractivity contribution in [2.45, 2.75) is 38.0 Å². The number of amides is 1. The maximum Gasteiger partial charge on any atom is 0.276 e. The molecule has 4 rings (SSSR count). The lowest BCUT2D eigenvalue weighted by Crippen LogP contribution is -2.47. The number of carbonyl (C=O) groups excluding carboxylic acids is 1. The molecule has 6 heteroatoms. The van der Waals surface area contributed by atoms with Crippen LogP contribution < -0.4 is 0 Å². The summed E-state index contributed by atoms with van der Waals surface area (Å²) >= 11 is 0. The van der Waals surface area contributed by atoms with Crippen molar-refractivity contribution in [3.63, 3.8) is 0 Å². The smallest absolute Gasteiger partial charge is 0.276 e. The number of rotatable bonds is 5. The summed E-state index contributed by atoms with van der Waals surface area (Å²) in [4.78, 5) is 17.2. The number of nitrogens with zero attached hydrogens (tertiary/aromatic N) is 3. The number of hydrogen-bond donors (Lipinski definition) is 1. The zero-order valence-corrected chi connectivity index (χ0v) is 14.2. The Morgan fingerprint density at radius 2 is 2.00 bits per heavy atom. The second-order valence-electron chi connectivity index (χ2n) is 7.76. The molecule has 3 fully saturated rings. The molecular weight excluding hydrogens is 306 g/mol. The summed E-state index contributed by atoms with van der Waals surface area (Å²) in [7, 11) is 0. The highest BCUT2D eigenvalue weighted by atomic mass is 16.5. The largest absolute Gasteiger partial charge is 0.396 e. The first-order chi connectivity index (χ1) is 11.7. The van der Waals surface area contributed by atoms with Gasteiger partial charge in [0.05, 0.1) is 0 Å². The molecule has 1 aromatic heterocycles. The van der Waals surface area contributed by atoms with Gasteiger partial charge in [-0.15, -0.1) is 0 Å². The number of aliphatic hydroxyl groups excluding tert-OH is 1. The van der Waals surface area contributed by atoms with Crippen molar-refractivity contribution in [1.82, 2.24) is 15.0 Å². The van der Waals surface area contributed by atoms with E-state index in [1.54, 1.807) is 0 Å². The van der Waals surface area contributed by atoms with E-state index in [1.165, 1.54) is 25.9 Å². The van der Waals surface area contributed by atoms with Gasteiger partial charge in [0.15, 0.2) is 5.69 Å². The molecule has 2 saturated heterocycles. The standard InChI is InChI=1S/C18H27N3O3/c22-12-14-7-13(9-20-5-1-2-6-20)10-21(11-14)18(23)16-8-17(24-19-16)15-3-4-15/h8,13-15,22H,1-7,9-12H2/t13-,14+/m1/s1. The SMILES string of the molecule is O=C(c1cc(C2CC2)on1)N1C[C@@H](CN2CCCC2)C[C@H](CO)C1. The van der Waals surface area contributed by atoms with Crippen LogP contribution in [-0.4, -0.2) is 65.3 Å². The summed E-state index contributed by atoms with van der Waals surface area (Å²) in [6, 6.07) is 1.82. The van der Waals surface area contributed by atoms with E-state index in [0.717, 1.165) is 38.1 Å². The molecule has 2 aliphatic heterocycles. The van der Waals surface area contributed by atoms with E-state index in [2.05, 4.69) is 10.1 Å². The third kappa shape index (κ3) is 3.49. The Balaban J connectivity index is 1.42. The Morgan fingerprint density at radius 3 is 2.71 bits per heavy atom. The zero-order chi connectivity index (χ0) is 16.5. The maximum atomic E-state index is 12.8. The molecule has 132 valence electrons. The first-order valence-electron chi connectivity index (χ1n) is 9.32. The molecule has 3 heterocycles. The van der Waals surface area contributed by atoms with Gasteiger partial charge in [-0.05, 0) is 57.0 Å². The van der Waals surface area contributed by atoms with Crippen LogP contribution in [0.4, 0.5) is 0 Å².